The molecule has 8 nitrogen and oxygen atoms in total. The lowest BCUT2D eigenvalue weighted by molar-refractivity contribution is -0.384. The molecule has 0 spiro atoms. The van der Waals surface area contributed by atoms with Gasteiger partial charge in [0.05, 0.1) is 22.8 Å². The molecule has 0 atom stereocenters. The van der Waals surface area contributed by atoms with Crippen molar-refractivity contribution in [2.75, 3.05) is 23.5 Å². The van der Waals surface area contributed by atoms with E-state index in [9.17, 15) is 19.7 Å². The number of nitro benzene ring substituents is 1. The van der Waals surface area contributed by atoms with Crippen LogP contribution in [0.4, 0.5) is 17.1 Å². The van der Waals surface area contributed by atoms with Crippen LogP contribution in [0, 0.1) is 10.1 Å². The van der Waals surface area contributed by atoms with Crippen molar-refractivity contribution in [3.63, 3.8) is 0 Å². The number of carbonyl (C=O) groups excluding carboxylic acids is 2. The number of benzene rings is 3. The molecule has 0 aliphatic carbocycles. The van der Waals surface area contributed by atoms with Gasteiger partial charge in [-0.05, 0) is 48.9 Å². The summed E-state index contributed by atoms with van der Waals surface area (Å²) < 4.78 is 5.53. The van der Waals surface area contributed by atoms with Gasteiger partial charge in [0.2, 0.25) is 0 Å². The van der Waals surface area contributed by atoms with E-state index in [4.69, 9.17) is 4.74 Å². The maximum absolute atomic E-state index is 13.6. The Kier molecular flexibility index (Phi) is 5.91. The van der Waals surface area contributed by atoms with E-state index in [1.807, 2.05) is 37.3 Å². The number of imide groups is 1. The van der Waals surface area contributed by atoms with Crippen molar-refractivity contribution >= 4 is 34.4 Å². The van der Waals surface area contributed by atoms with Crippen LogP contribution in [-0.4, -0.2) is 30.4 Å². The molecule has 1 aliphatic rings. The van der Waals surface area contributed by atoms with E-state index in [-0.39, 0.29) is 17.0 Å². The van der Waals surface area contributed by atoms with Crippen molar-refractivity contribution in [2.45, 2.75) is 6.92 Å². The van der Waals surface area contributed by atoms with Crippen molar-refractivity contribution < 1.29 is 19.2 Å². The van der Waals surface area contributed by atoms with Crippen molar-refractivity contribution in [1.82, 2.24) is 0 Å². The number of hydrogen-bond acceptors (Lipinski definition) is 6. The Labute approximate surface area is 190 Å². The summed E-state index contributed by atoms with van der Waals surface area (Å²) in [5.74, 6) is -0.467. The van der Waals surface area contributed by atoms with Gasteiger partial charge in [0.15, 0.2) is 0 Å². The van der Waals surface area contributed by atoms with E-state index >= 15 is 0 Å². The minimum absolute atomic E-state index is 0.102. The quantitative estimate of drug-likeness (QED) is 0.305. The third kappa shape index (κ3) is 4.06. The molecule has 2 amide bonds. The van der Waals surface area contributed by atoms with Crippen LogP contribution in [0.5, 0.6) is 5.75 Å². The van der Waals surface area contributed by atoms with Gasteiger partial charge in [-0.25, -0.2) is 4.90 Å². The van der Waals surface area contributed by atoms with Crippen LogP contribution < -0.4 is 14.5 Å². The zero-order chi connectivity index (χ0) is 23.5. The Bertz CT molecular complexity index is 1250. The number of non-ortho nitro benzene ring substituents is 1. The fraction of sp³-hybridized carbons (Fsp3) is 0.120. The largest absolute Gasteiger partial charge is 0.494 e. The van der Waals surface area contributed by atoms with Crippen LogP contribution >= 0.6 is 0 Å². The van der Waals surface area contributed by atoms with Crippen molar-refractivity contribution in [2.24, 2.45) is 0 Å². The van der Waals surface area contributed by atoms with E-state index in [0.717, 1.165) is 10.6 Å². The van der Waals surface area contributed by atoms with Gasteiger partial charge in [0.25, 0.3) is 17.5 Å². The highest BCUT2D eigenvalue weighted by Crippen LogP contribution is 2.37. The maximum atomic E-state index is 13.6. The molecule has 4 rings (SSSR count). The molecule has 0 fully saturated rings. The zero-order valence-corrected chi connectivity index (χ0v) is 18.1. The number of nitrogens with zero attached hydrogens (tertiary/aromatic N) is 3. The Morgan fingerprint density at radius 1 is 0.939 bits per heavy atom. The summed E-state index contributed by atoms with van der Waals surface area (Å²) in [6, 6.07) is 21.6. The first-order chi connectivity index (χ1) is 15.9. The zero-order valence-electron chi connectivity index (χ0n) is 18.1. The number of nitro groups is 1. The lowest BCUT2D eigenvalue weighted by Crippen LogP contribution is -2.34. The second-order valence-electron chi connectivity index (χ2n) is 7.30. The van der Waals surface area contributed by atoms with Crippen LogP contribution in [0.3, 0.4) is 0 Å². The Morgan fingerprint density at radius 3 is 2.27 bits per heavy atom. The van der Waals surface area contributed by atoms with E-state index in [2.05, 4.69) is 0 Å². The predicted octanol–water partition coefficient (Wildman–Crippen LogP) is 4.41. The lowest BCUT2D eigenvalue weighted by Gasteiger charge is -2.21. The van der Waals surface area contributed by atoms with Gasteiger partial charge in [0, 0.05) is 30.9 Å². The van der Waals surface area contributed by atoms with Gasteiger partial charge >= 0.3 is 0 Å². The van der Waals surface area contributed by atoms with Gasteiger partial charge in [-0.2, -0.15) is 0 Å². The summed E-state index contributed by atoms with van der Waals surface area (Å²) in [5, 5.41) is 11.1. The van der Waals surface area contributed by atoms with Gasteiger partial charge in [-0.3, -0.25) is 19.7 Å². The van der Waals surface area contributed by atoms with E-state index in [1.165, 1.54) is 24.3 Å². The molecule has 3 aromatic carbocycles. The van der Waals surface area contributed by atoms with Crippen molar-refractivity contribution in [3.05, 3.63) is 100 Å². The Hall–Kier alpha value is -4.46. The van der Waals surface area contributed by atoms with Crippen molar-refractivity contribution in [3.8, 4) is 5.75 Å². The predicted molar refractivity (Wildman–Crippen MR) is 125 cm³/mol. The Morgan fingerprint density at radius 2 is 1.64 bits per heavy atom. The number of hydrogen-bond donors (Lipinski definition) is 0. The summed E-state index contributed by atoms with van der Waals surface area (Å²) >= 11 is 0. The summed E-state index contributed by atoms with van der Waals surface area (Å²) in [6.45, 7) is 2.29. The number of para-hydroxylation sites is 1. The number of likely N-dealkylation sites (N-methyl/N-ethyl adjacent to an activating group) is 1. The molecule has 0 unspecified atom stereocenters. The molecular formula is C25H21N3O5. The standard InChI is InChI=1S/C25H21N3O5/c1-3-33-21-11-7-10-20(16-21)27-24(29)22(17-12-14-19(15-13-17)28(31)32)23(25(27)30)26(2)18-8-5-4-6-9-18/h4-16H,3H2,1-2H3. The van der Waals surface area contributed by atoms with Gasteiger partial charge < -0.3 is 9.64 Å². The SMILES string of the molecule is CCOc1cccc(N2C(=O)C(c3ccc([N+](=O)[O-])cc3)=C(N(C)c3ccccc3)C2=O)c1. The fourth-order valence-corrected chi connectivity index (χ4v) is 3.73. The van der Waals surface area contributed by atoms with E-state index in [1.54, 1.807) is 36.2 Å². The lowest BCUT2D eigenvalue weighted by atomic mass is 10.0. The number of ether oxygens (including phenoxy) is 1. The maximum Gasteiger partial charge on any atom is 0.282 e. The van der Waals surface area contributed by atoms with E-state index in [0.29, 0.717) is 23.6 Å². The highest BCUT2D eigenvalue weighted by atomic mass is 16.6. The molecule has 0 N–H and O–H groups in total. The third-order valence-corrected chi connectivity index (χ3v) is 5.29. The topological polar surface area (TPSA) is 93.0 Å². The normalized spacial score (nSPS) is 13.5. The van der Waals surface area contributed by atoms with Crippen LogP contribution in [0.15, 0.2) is 84.6 Å². The second-order valence-corrected chi connectivity index (χ2v) is 7.30. The number of carbonyl (C=O) groups is 2. The summed E-state index contributed by atoms with van der Waals surface area (Å²) in [7, 11) is 1.71. The molecule has 1 heterocycles. The number of rotatable bonds is 7. The average molecular weight is 443 g/mol. The van der Waals surface area contributed by atoms with Gasteiger partial charge in [-0.1, -0.05) is 24.3 Å². The number of anilines is 2. The molecule has 0 saturated heterocycles. The average Bonchev–Trinajstić information content (AvgIpc) is 3.09. The highest BCUT2D eigenvalue weighted by molar-refractivity contribution is 6.46. The van der Waals surface area contributed by atoms with Crippen LogP contribution in [0.25, 0.3) is 5.57 Å². The molecule has 33 heavy (non-hydrogen) atoms. The second kappa shape index (κ2) is 8.96. The Balaban J connectivity index is 1.84. The smallest absolute Gasteiger partial charge is 0.282 e. The first-order valence-corrected chi connectivity index (χ1v) is 10.3. The van der Waals surface area contributed by atoms with Crippen LogP contribution in [-0.2, 0) is 9.59 Å². The highest BCUT2D eigenvalue weighted by Gasteiger charge is 2.42. The summed E-state index contributed by atoms with van der Waals surface area (Å²) in [5.41, 5.74) is 1.77. The third-order valence-electron chi connectivity index (χ3n) is 5.29. The molecule has 0 bridgehead atoms. The molecule has 0 saturated carbocycles. The minimum atomic E-state index is -0.514. The molecule has 166 valence electrons. The summed E-state index contributed by atoms with van der Waals surface area (Å²) in [6.07, 6.45) is 0. The first kappa shape index (κ1) is 21.8. The molecule has 0 aromatic heterocycles. The molecule has 8 heteroatoms. The minimum Gasteiger partial charge on any atom is -0.494 e. The van der Waals surface area contributed by atoms with E-state index < -0.39 is 16.7 Å². The van der Waals surface area contributed by atoms with Gasteiger partial charge in [-0.15, -0.1) is 0 Å². The summed E-state index contributed by atoms with van der Waals surface area (Å²) in [4.78, 5) is 40.5. The van der Waals surface area contributed by atoms with Crippen molar-refractivity contribution in [1.29, 1.82) is 0 Å². The molecule has 1 aliphatic heterocycles. The van der Waals surface area contributed by atoms with Gasteiger partial charge in [0.1, 0.15) is 11.4 Å². The molecule has 3 aromatic rings. The van der Waals surface area contributed by atoms with Crippen LogP contribution in [0.1, 0.15) is 12.5 Å². The first-order valence-electron chi connectivity index (χ1n) is 10.3. The monoisotopic (exact) mass is 443 g/mol. The fourth-order valence-electron chi connectivity index (χ4n) is 3.73. The molecular weight excluding hydrogens is 422 g/mol. The number of amides is 2. The molecule has 0 radical (unpaired) electrons. The van der Waals surface area contributed by atoms with Crippen LogP contribution in [0.2, 0.25) is 0 Å².